The number of rotatable bonds is 4. The van der Waals surface area contributed by atoms with Gasteiger partial charge in [0.1, 0.15) is 0 Å². The predicted octanol–water partition coefficient (Wildman–Crippen LogP) is 7.78. The molecule has 2 amide bonds. The number of urea groups is 1. The summed E-state index contributed by atoms with van der Waals surface area (Å²) in [5, 5.41) is 0. The summed E-state index contributed by atoms with van der Waals surface area (Å²) < 4.78 is 158. The highest BCUT2D eigenvalue weighted by molar-refractivity contribution is 7.99. The molecule has 2 aromatic rings. The van der Waals surface area contributed by atoms with Gasteiger partial charge >= 0.3 is 30.7 Å². The molecule has 0 fully saturated rings. The topological polar surface area (TPSA) is 41.1 Å². The predicted molar refractivity (Wildman–Crippen MR) is 96.3 cm³/mol. The quantitative estimate of drug-likeness (QED) is 0.303. The van der Waals surface area contributed by atoms with Crippen LogP contribution in [0.5, 0.6) is 0 Å². The molecule has 2 rings (SSSR count). The second-order valence-electron chi connectivity index (χ2n) is 6.22. The lowest BCUT2D eigenvalue weighted by atomic mass is 10.1. The van der Waals surface area contributed by atoms with Crippen molar-refractivity contribution in [2.45, 2.75) is 34.5 Å². The van der Waals surface area contributed by atoms with Crippen molar-refractivity contribution in [3.63, 3.8) is 0 Å². The van der Waals surface area contributed by atoms with Crippen molar-refractivity contribution in [2.24, 2.45) is 0 Å². The number of alkyl halides is 12. The molecule has 3 nitrogen and oxygen atoms in total. The first-order chi connectivity index (χ1) is 15.3. The van der Waals surface area contributed by atoms with Crippen molar-refractivity contribution in [1.82, 2.24) is 9.44 Å². The molecule has 0 saturated heterocycles. The van der Waals surface area contributed by atoms with Crippen LogP contribution in [0.1, 0.15) is 22.3 Å². The molecule has 0 radical (unpaired) electrons. The Morgan fingerprint density at radius 1 is 0.500 bits per heavy atom. The van der Waals surface area contributed by atoms with Crippen molar-refractivity contribution in [2.75, 3.05) is 0 Å². The molecular formula is C17H8F12N2OS2. The molecular weight excluding hydrogens is 540 g/mol. The smallest absolute Gasteiger partial charge is 0.277 e. The molecule has 17 heteroatoms. The van der Waals surface area contributed by atoms with Crippen LogP contribution in [0.25, 0.3) is 0 Å². The van der Waals surface area contributed by atoms with E-state index in [4.69, 9.17) is 0 Å². The van der Waals surface area contributed by atoms with Gasteiger partial charge in [-0.3, -0.25) is 9.44 Å². The Labute approximate surface area is 190 Å². The number of amides is 2. The zero-order chi connectivity index (χ0) is 26.1. The third-order valence-corrected chi connectivity index (χ3v) is 5.16. The van der Waals surface area contributed by atoms with Gasteiger partial charge in [-0.25, -0.2) is 4.79 Å². The molecule has 0 saturated carbocycles. The number of hydrogen-bond acceptors (Lipinski definition) is 3. The largest absolute Gasteiger partial charge is 0.416 e. The minimum atomic E-state index is -5.14. The van der Waals surface area contributed by atoms with E-state index in [1.807, 2.05) is 0 Å². The Morgan fingerprint density at radius 3 is 0.941 bits per heavy atom. The van der Waals surface area contributed by atoms with E-state index in [2.05, 4.69) is 0 Å². The van der Waals surface area contributed by atoms with Crippen LogP contribution in [0.15, 0.2) is 46.2 Å². The third kappa shape index (κ3) is 7.82. The van der Waals surface area contributed by atoms with Gasteiger partial charge in [-0.1, -0.05) is 0 Å². The molecule has 0 bridgehead atoms. The minimum absolute atomic E-state index is 0.00367. The van der Waals surface area contributed by atoms with Crippen molar-refractivity contribution >= 4 is 29.9 Å². The maximum Gasteiger partial charge on any atom is 0.416 e. The van der Waals surface area contributed by atoms with Crippen LogP contribution >= 0.6 is 23.9 Å². The fraction of sp³-hybridized carbons (Fsp3) is 0.235. The first-order valence-electron chi connectivity index (χ1n) is 8.25. The fourth-order valence-electron chi connectivity index (χ4n) is 2.20. The minimum Gasteiger partial charge on any atom is -0.277 e. The summed E-state index contributed by atoms with van der Waals surface area (Å²) in [5.41, 5.74) is -6.65. The molecule has 0 unspecified atom stereocenters. The first-order valence-corrected chi connectivity index (χ1v) is 9.89. The van der Waals surface area contributed by atoms with Crippen LogP contribution < -0.4 is 9.44 Å². The van der Waals surface area contributed by atoms with E-state index in [9.17, 15) is 57.5 Å². The molecule has 2 N–H and O–H groups in total. The average molecular weight is 548 g/mol. The van der Waals surface area contributed by atoms with E-state index >= 15 is 0 Å². The number of carbonyl (C=O) groups excluding carboxylic acids is 1. The van der Waals surface area contributed by atoms with Crippen molar-refractivity contribution in [3.05, 3.63) is 58.7 Å². The SMILES string of the molecule is O=C(NSc1cc(C(F)(F)F)cc(C(F)(F)F)c1)NSc1cc(C(F)(F)F)cc(C(F)(F)F)c1. The van der Waals surface area contributed by atoms with Crippen LogP contribution in [0.2, 0.25) is 0 Å². The van der Waals surface area contributed by atoms with Gasteiger partial charge in [0.25, 0.3) is 0 Å². The van der Waals surface area contributed by atoms with Gasteiger partial charge in [-0.15, -0.1) is 0 Å². The highest BCUT2D eigenvalue weighted by atomic mass is 32.2. The maximum absolute atomic E-state index is 12.8. The summed E-state index contributed by atoms with van der Waals surface area (Å²) in [6.45, 7) is 0. The summed E-state index contributed by atoms with van der Waals surface area (Å²) in [5.74, 6) is 0. The zero-order valence-electron chi connectivity index (χ0n) is 15.7. The molecule has 0 aliphatic heterocycles. The second-order valence-corrected chi connectivity index (χ2v) is 7.98. The van der Waals surface area contributed by atoms with E-state index in [0.717, 1.165) is 0 Å². The van der Waals surface area contributed by atoms with Crippen LogP contribution in [0, 0.1) is 0 Å². The number of carbonyl (C=O) groups is 1. The molecule has 0 atom stereocenters. The fourth-order valence-corrected chi connectivity index (χ4v) is 3.53. The van der Waals surface area contributed by atoms with Crippen LogP contribution in [-0.4, -0.2) is 6.03 Å². The molecule has 34 heavy (non-hydrogen) atoms. The number of halogens is 12. The number of nitrogens with one attached hydrogen (secondary N) is 2. The summed E-state index contributed by atoms with van der Waals surface area (Å²) in [6.07, 6.45) is -20.6. The van der Waals surface area contributed by atoms with E-state index in [-0.39, 0.29) is 36.0 Å². The lowest BCUT2D eigenvalue weighted by Crippen LogP contribution is -2.26. The molecule has 0 heterocycles. The Bertz CT molecular complexity index is 899. The monoisotopic (exact) mass is 548 g/mol. The van der Waals surface area contributed by atoms with Crippen molar-refractivity contribution < 1.29 is 57.5 Å². The van der Waals surface area contributed by atoms with Gasteiger partial charge in [0.05, 0.1) is 22.3 Å². The first kappa shape index (κ1) is 27.8. The van der Waals surface area contributed by atoms with E-state index in [1.165, 1.54) is 0 Å². The van der Waals surface area contributed by atoms with Crippen LogP contribution in [0.3, 0.4) is 0 Å². The standard InChI is InChI=1S/C17H8F12N2OS2/c18-14(19,20)7-1-8(15(21,22)23)4-11(3-7)33-30-13(32)31-34-12-5-9(16(24,25)26)2-10(6-12)17(27,28)29/h1-6H,(H2,30,31,32). The zero-order valence-corrected chi connectivity index (χ0v) is 17.4. The van der Waals surface area contributed by atoms with E-state index in [1.54, 1.807) is 9.44 Å². The number of hydrogen-bond donors (Lipinski definition) is 2. The summed E-state index contributed by atoms with van der Waals surface area (Å²) in [4.78, 5) is 10.4. The van der Waals surface area contributed by atoms with Crippen molar-refractivity contribution in [1.29, 1.82) is 0 Å². The normalized spacial score (nSPS) is 13.1. The molecule has 0 aliphatic rings. The molecule has 0 aromatic heterocycles. The average Bonchev–Trinajstić information content (AvgIpc) is 2.67. The highest BCUT2D eigenvalue weighted by Gasteiger charge is 2.38. The van der Waals surface area contributed by atoms with E-state index in [0.29, 0.717) is 24.3 Å². The molecule has 2 aromatic carbocycles. The van der Waals surface area contributed by atoms with E-state index < -0.39 is 62.8 Å². The van der Waals surface area contributed by atoms with Gasteiger partial charge in [0.15, 0.2) is 0 Å². The third-order valence-electron chi connectivity index (χ3n) is 3.65. The Hall–Kier alpha value is -2.43. The molecule has 188 valence electrons. The van der Waals surface area contributed by atoms with Crippen molar-refractivity contribution in [3.8, 4) is 0 Å². The number of benzene rings is 2. The maximum atomic E-state index is 12.8. The molecule has 0 aliphatic carbocycles. The van der Waals surface area contributed by atoms with Gasteiger partial charge in [-0.05, 0) is 60.3 Å². The van der Waals surface area contributed by atoms with Gasteiger partial charge in [0, 0.05) is 9.79 Å². The lowest BCUT2D eigenvalue weighted by molar-refractivity contribution is -0.145. The van der Waals surface area contributed by atoms with Crippen LogP contribution in [0.4, 0.5) is 57.5 Å². The summed E-state index contributed by atoms with van der Waals surface area (Å²) >= 11 is 0.00734. The van der Waals surface area contributed by atoms with Gasteiger partial charge < -0.3 is 0 Å². The summed E-state index contributed by atoms with van der Waals surface area (Å²) in [6, 6.07) is -0.429. The summed E-state index contributed by atoms with van der Waals surface area (Å²) in [7, 11) is 0. The highest BCUT2D eigenvalue weighted by Crippen LogP contribution is 2.39. The Kier molecular flexibility index (Phi) is 7.91. The second kappa shape index (κ2) is 9.67. The lowest BCUT2D eigenvalue weighted by Gasteiger charge is -2.15. The van der Waals surface area contributed by atoms with Gasteiger partial charge in [0.2, 0.25) is 0 Å². The molecule has 0 spiro atoms. The Morgan fingerprint density at radius 2 is 0.735 bits per heavy atom. The Balaban J connectivity index is 2.15. The van der Waals surface area contributed by atoms with Crippen LogP contribution in [-0.2, 0) is 24.7 Å². The van der Waals surface area contributed by atoms with Gasteiger partial charge in [-0.2, -0.15) is 52.7 Å².